The van der Waals surface area contributed by atoms with E-state index in [0.717, 1.165) is 18.2 Å². The van der Waals surface area contributed by atoms with Crippen LogP contribution >= 0.6 is 0 Å². The van der Waals surface area contributed by atoms with E-state index >= 15 is 0 Å². The number of hydrogen-bond donors (Lipinski definition) is 2. The van der Waals surface area contributed by atoms with Crippen LogP contribution in [0.4, 0.5) is 13.2 Å². The van der Waals surface area contributed by atoms with Gasteiger partial charge in [0.2, 0.25) is 0 Å². The molecule has 1 rings (SSSR count). The van der Waals surface area contributed by atoms with Crippen LogP contribution in [0.2, 0.25) is 0 Å². The van der Waals surface area contributed by atoms with Crippen molar-refractivity contribution in [2.24, 2.45) is 5.73 Å². The van der Waals surface area contributed by atoms with E-state index in [1.54, 1.807) is 0 Å². The van der Waals surface area contributed by atoms with E-state index in [-0.39, 0.29) is 12.1 Å². The van der Waals surface area contributed by atoms with Crippen LogP contribution in [0.25, 0.3) is 0 Å². The Kier molecular flexibility index (Phi) is 6.02. The highest BCUT2D eigenvalue weighted by molar-refractivity contribution is 5.96. The molecule has 118 valence electrons. The number of ether oxygens (including phenoxy) is 1. The molecule has 0 radical (unpaired) electrons. The number of benzene rings is 1. The summed E-state index contributed by atoms with van der Waals surface area (Å²) in [5.41, 5.74) is 5.31. The lowest BCUT2D eigenvalue weighted by atomic mass is 9.94. The van der Waals surface area contributed by atoms with Gasteiger partial charge in [-0.15, -0.1) is 0 Å². The smallest absolute Gasteiger partial charge is 0.387 e. The highest BCUT2D eigenvalue weighted by Gasteiger charge is 2.23. The maximum Gasteiger partial charge on any atom is 0.387 e. The van der Waals surface area contributed by atoms with Crippen molar-refractivity contribution in [3.63, 3.8) is 0 Å². The molecule has 0 unspecified atom stereocenters. The summed E-state index contributed by atoms with van der Waals surface area (Å²) in [4.78, 5) is 12.0. The number of rotatable bonds is 7. The fourth-order valence-corrected chi connectivity index (χ4v) is 1.73. The first kappa shape index (κ1) is 17.3. The molecule has 0 saturated heterocycles. The lowest BCUT2D eigenvalue weighted by Crippen LogP contribution is -2.49. The third-order valence-electron chi connectivity index (χ3n) is 3.41. The van der Waals surface area contributed by atoms with Gasteiger partial charge in [-0.3, -0.25) is 4.79 Å². The van der Waals surface area contributed by atoms with Gasteiger partial charge >= 0.3 is 6.61 Å². The summed E-state index contributed by atoms with van der Waals surface area (Å²) in [6, 6.07) is 2.84. The van der Waals surface area contributed by atoms with Gasteiger partial charge in [0, 0.05) is 18.2 Å². The van der Waals surface area contributed by atoms with Gasteiger partial charge < -0.3 is 15.8 Å². The molecule has 3 N–H and O–H groups in total. The van der Waals surface area contributed by atoms with Gasteiger partial charge in [-0.2, -0.15) is 8.78 Å². The number of carbonyl (C=O) groups is 1. The average Bonchev–Trinajstić information content (AvgIpc) is 2.44. The van der Waals surface area contributed by atoms with Gasteiger partial charge in [-0.05, 0) is 25.0 Å². The predicted molar refractivity (Wildman–Crippen MR) is 72.9 cm³/mol. The van der Waals surface area contributed by atoms with Crippen LogP contribution in [0.3, 0.4) is 0 Å². The van der Waals surface area contributed by atoms with Crippen molar-refractivity contribution in [1.82, 2.24) is 5.32 Å². The number of nitrogens with two attached hydrogens (primary N) is 1. The maximum absolute atomic E-state index is 13.1. The van der Waals surface area contributed by atoms with Crippen LogP contribution in [0.5, 0.6) is 5.75 Å². The Labute approximate surface area is 121 Å². The normalized spacial score (nSPS) is 11.6. The van der Waals surface area contributed by atoms with E-state index in [4.69, 9.17) is 5.73 Å². The Morgan fingerprint density at radius 2 is 2.00 bits per heavy atom. The van der Waals surface area contributed by atoms with Crippen LogP contribution in [0.1, 0.15) is 37.0 Å². The zero-order valence-corrected chi connectivity index (χ0v) is 12.0. The van der Waals surface area contributed by atoms with Crippen LogP contribution in [0, 0.1) is 5.82 Å². The molecule has 0 aliphatic rings. The van der Waals surface area contributed by atoms with Gasteiger partial charge in [0.25, 0.3) is 5.91 Å². The number of amides is 1. The van der Waals surface area contributed by atoms with Crippen LogP contribution in [-0.2, 0) is 0 Å². The SMILES string of the molecule is CCC(N)(CC)CNC(=O)c1ccc(F)cc1OC(F)F. The minimum atomic E-state index is -3.14. The molecule has 21 heavy (non-hydrogen) atoms. The first-order valence-electron chi connectivity index (χ1n) is 6.62. The van der Waals surface area contributed by atoms with Crippen molar-refractivity contribution >= 4 is 5.91 Å². The Balaban J connectivity index is 2.87. The molecule has 1 amide bonds. The molecule has 0 spiro atoms. The monoisotopic (exact) mass is 304 g/mol. The van der Waals surface area contributed by atoms with Gasteiger partial charge in [0.05, 0.1) is 5.56 Å². The summed E-state index contributed by atoms with van der Waals surface area (Å²) in [6.07, 6.45) is 1.29. The number of halogens is 3. The lowest BCUT2D eigenvalue weighted by Gasteiger charge is -2.27. The van der Waals surface area contributed by atoms with Crippen LogP contribution < -0.4 is 15.8 Å². The van der Waals surface area contributed by atoms with Crippen molar-refractivity contribution in [3.8, 4) is 5.75 Å². The predicted octanol–water partition coefficient (Wildman–Crippen LogP) is 2.67. The summed E-state index contributed by atoms with van der Waals surface area (Å²) in [5, 5.41) is 2.56. The molecular weight excluding hydrogens is 285 g/mol. The van der Waals surface area contributed by atoms with Gasteiger partial charge in [0.1, 0.15) is 11.6 Å². The molecule has 0 aromatic heterocycles. The van der Waals surface area contributed by atoms with Crippen molar-refractivity contribution < 1.29 is 22.7 Å². The second kappa shape index (κ2) is 7.31. The van der Waals surface area contributed by atoms with Crippen molar-refractivity contribution in [2.45, 2.75) is 38.8 Å². The van der Waals surface area contributed by atoms with E-state index in [9.17, 15) is 18.0 Å². The van der Waals surface area contributed by atoms with Crippen molar-refractivity contribution in [1.29, 1.82) is 0 Å². The molecule has 0 bridgehead atoms. The first-order valence-corrected chi connectivity index (χ1v) is 6.62. The highest BCUT2D eigenvalue weighted by Crippen LogP contribution is 2.22. The summed E-state index contributed by atoms with van der Waals surface area (Å²) in [6.45, 7) is 0.820. The van der Waals surface area contributed by atoms with E-state index in [1.807, 2.05) is 13.8 Å². The molecule has 0 aliphatic heterocycles. The molecule has 1 aromatic carbocycles. The number of carbonyl (C=O) groups excluding carboxylic acids is 1. The molecule has 7 heteroatoms. The second-order valence-electron chi connectivity index (χ2n) is 4.77. The molecule has 0 atom stereocenters. The molecule has 1 aromatic rings. The molecule has 0 fully saturated rings. The quantitative estimate of drug-likeness (QED) is 0.814. The summed E-state index contributed by atoms with van der Waals surface area (Å²) < 4.78 is 41.8. The van der Waals surface area contributed by atoms with E-state index in [0.29, 0.717) is 12.8 Å². The zero-order chi connectivity index (χ0) is 16.0. The lowest BCUT2D eigenvalue weighted by molar-refractivity contribution is -0.0503. The minimum absolute atomic E-state index is 0.161. The molecule has 0 heterocycles. The molecule has 0 saturated carbocycles. The minimum Gasteiger partial charge on any atom is -0.434 e. The zero-order valence-electron chi connectivity index (χ0n) is 12.0. The topological polar surface area (TPSA) is 64.3 Å². The summed E-state index contributed by atoms with van der Waals surface area (Å²) in [7, 11) is 0. The Bertz CT molecular complexity index is 491. The first-order chi connectivity index (χ1) is 9.81. The summed E-state index contributed by atoms with van der Waals surface area (Å²) >= 11 is 0. The van der Waals surface area contributed by atoms with E-state index < -0.39 is 29.6 Å². The number of alkyl halides is 2. The Morgan fingerprint density at radius 1 is 1.38 bits per heavy atom. The fourth-order valence-electron chi connectivity index (χ4n) is 1.73. The van der Waals surface area contributed by atoms with Gasteiger partial charge in [-0.25, -0.2) is 4.39 Å². The standard InChI is InChI=1S/C14H19F3N2O2/c1-3-14(18,4-2)8-19-12(20)10-6-5-9(15)7-11(10)21-13(16)17/h5-7,13H,3-4,8,18H2,1-2H3,(H,19,20). The highest BCUT2D eigenvalue weighted by atomic mass is 19.3. The van der Waals surface area contributed by atoms with Gasteiger partial charge in [-0.1, -0.05) is 13.8 Å². The van der Waals surface area contributed by atoms with Crippen LogP contribution in [0.15, 0.2) is 18.2 Å². The molecular formula is C14H19F3N2O2. The second-order valence-corrected chi connectivity index (χ2v) is 4.77. The summed E-state index contributed by atoms with van der Waals surface area (Å²) in [5.74, 6) is -1.90. The fraction of sp³-hybridized carbons (Fsp3) is 0.500. The Hall–Kier alpha value is -1.76. The van der Waals surface area contributed by atoms with E-state index in [1.165, 1.54) is 0 Å². The van der Waals surface area contributed by atoms with Gasteiger partial charge in [0.15, 0.2) is 0 Å². The van der Waals surface area contributed by atoms with Crippen LogP contribution in [-0.4, -0.2) is 24.6 Å². The number of nitrogens with one attached hydrogen (secondary N) is 1. The average molecular weight is 304 g/mol. The molecule has 0 aliphatic carbocycles. The Morgan fingerprint density at radius 3 is 2.52 bits per heavy atom. The largest absolute Gasteiger partial charge is 0.434 e. The van der Waals surface area contributed by atoms with E-state index in [2.05, 4.69) is 10.1 Å². The third-order valence-corrected chi connectivity index (χ3v) is 3.41. The third kappa shape index (κ3) is 4.93. The number of hydrogen-bond acceptors (Lipinski definition) is 3. The van der Waals surface area contributed by atoms with Crippen molar-refractivity contribution in [2.75, 3.05) is 6.54 Å². The van der Waals surface area contributed by atoms with Crippen molar-refractivity contribution in [3.05, 3.63) is 29.6 Å². The molecule has 4 nitrogen and oxygen atoms in total. The maximum atomic E-state index is 13.1.